The number of nitrogens with one attached hydrogen (secondary N) is 2. The van der Waals surface area contributed by atoms with Crippen LogP contribution in [0, 0.1) is 0 Å². The number of hydrogen-bond acceptors (Lipinski definition) is 8. The van der Waals surface area contributed by atoms with Crippen LogP contribution in [0.15, 0.2) is 71.9 Å². The number of para-hydroxylation sites is 1. The molecular weight excluding hydrogens is 498 g/mol. The molecule has 38 heavy (non-hydrogen) atoms. The minimum atomic E-state index is -3.92. The van der Waals surface area contributed by atoms with Crippen molar-refractivity contribution in [1.82, 2.24) is 20.3 Å². The molecule has 2 bridgehead atoms. The highest BCUT2D eigenvalue weighted by Gasteiger charge is 2.43. The number of benzene rings is 2. The number of hydrogen-bond donors (Lipinski definition) is 2. The van der Waals surface area contributed by atoms with E-state index >= 15 is 0 Å². The van der Waals surface area contributed by atoms with Crippen LogP contribution in [0.5, 0.6) is 0 Å². The van der Waals surface area contributed by atoms with Gasteiger partial charge in [0.05, 0.1) is 5.52 Å². The molecule has 2 aromatic carbocycles. The molecule has 5 heterocycles. The first-order valence-electron chi connectivity index (χ1n) is 12.9. The molecule has 0 radical (unpaired) electrons. The second-order valence-electron chi connectivity index (χ2n) is 11.0. The molecule has 2 atom stereocenters. The van der Waals surface area contributed by atoms with Crippen molar-refractivity contribution in [2.45, 2.75) is 42.7 Å². The number of aromatic nitrogens is 3. The van der Waals surface area contributed by atoms with Crippen LogP contribution in [0.1, 0.15) is 25.8 Å². The quantitative estimate of drug-likeness (QED) is 0.404. The van der Waals surface area contributed by atoms with Crippen LogP contribution >= 0.6 is 0 Å². The van der Waals surface area contributed by atoms with Gasteiger partial charge in [-0.1, -0.05) is 32.0 Å². The third-order valence-corrected chi connectivity index (χ3v) is 9.72. The number of sulfonamides is 1. The molecule has 4 aromatic rings. The summed E-state index contributed by atoms with van der Waals surface area (Å²) in [7, 11) is -3.92. The van der Waals surface area contributed by atoms with Gasteiger partial charge in [-0.05, 0) is 42.8 Å². The van der Waals surface area contributed by atoms with E-state index in [0.29, 0.717) is 29.4 Å². The number of pyridine rings is 1. The van der Waals surface area contributed by atoms with Gasteiger partial charge in [0.1, 0.15) is 4.90 Å². The summed E-state index contributed by atoms with van der Waals surface area (Å²) in [6.07, 6.45) is 4.56. The average Bonchev–Trinajstić information content (AvgIpc) is 3.62. The maximum Gasteiger partial charge on any atom is 0.267 e. The van der Waals surface area contributed by atoms with E-state index in [1.165, 1.54) is 16.4 Å². The van der Waals surface area contributed by atoms with Gasteiger partial charge in [-0.25, -0.2) is 17.7 Å². The molecule has 0 aliphatic carbocycles. The molecule has 3 aliphatic heterocycles. The average molecular weight is 528 g/mol. The fraction of sp³-hybridized carbons (Fsp3) is 0.321. The monoisotopic (exact) mass is 527 g/mol. The summed E-state index contributed by atoms with van der Waals surface area (Å²) in [6, 6.07) is 18.3. The van der Waals surface area contributed by atoms with Gasteiger partial charge in [0, 0.05) is 71.9 Å². The maximum absolute atomic E-state index is 14.0. The van der Waals surface area contributed by atoms with E-state index in [1.807, 2.05) is 38.1 Å². The summed E-state index contributed by atoms with van der Waals surface area (Å²) in [6.45, 7) is 6.38. The first-order valence-corrected chi connectivity index (χ1v) is 14.3. The Labute approximate surface area is 222 Å². The first kappa shape index (κ1) is 23.4. The topological polar surface area (TPSA) is 103 Å². The molecule has 2 fully saturated rings. The number of anilines is 4. The van der Waals surface area contributed by atoms with Crippen LogP contribution in [0.25, 0.3) is 10.9 Å². The molecule has 2 N–H and O–H groups in total. The lowest BCUT2D eigenvalue weighted by molar-refractivity contribution is 0.554. The number of rotatable bonds is 5. The standard InChI is InChI=1S/C28H29N7O2S/c1-28(2)17-35(38(36,37)24-7-3-5-18-6-4-12-29-25(18)24)26-23(28)15-31-27(33-26)32-19-8-10-21(11-9-19)34-16-20-13-22(34)14-30-20/h3-12,15,20,22,30H,13-14,16-17H2,1-2H3,(H,31,32,33). The molecule has 0 saturated carbocycles. The second-order valence-corrected chi connectivity index (χ2v) is 12.8. The molecule has 2 aromatic heterocycles. The predicted octanol–water partition coefficient (Wildman–Crippen LogP) is 3.81. The fourth-order valence-corrected chi connectivity index (χ4v) is 7.73. The minimum Gasteiger partial charge on any atom is -0.366 e. The normalized spacial score (nSPS) is 21.7. The largest absolute Gasteiger partial charge is 0.366 e. The lowest BCUT2D eigenvalue weighted by atomic mass is 9.89. The molecule has 2 saturated heterocycles. The van der Waals surface area contributed by atoms with E-state index in [-0.39, 0.29) is 11.4 Å². The molecule has 0 amide bonds. The van der Waals surface area contributed by atoms with E-state index < -0.39 is 15.4 Å². The molecule has 3 aliphatic rings. The zero-order valence-electron chi connectivity index (χ0n) is 21.3. The lowest BCUT2D eigenvalue weighted by Gasteiger charge is -2.29. The third-order valence-electron chi connectivity index (χ3n) is 7.95. The Morgan fingerprint density at radius 1 is 1.05 bits per heavy atom. The van der Waals surface area contributed by atoms with Crippen molar-refractivity contribution < 1.29 is 8.42 Å². The second kappa shape index (κ2) is 8.37. The van der Waals surface area contributed by atoms with Gasteiger partial charge in [0.15, 0.2) is 5.82 Å². The van der Waals surface area contributed by atoms with Crippen LogP contribution in [-0.4, -0.2) is 55.1 Å². The van der Waals surface area contributed by atoms with Crippen LogP contribution in [-0.2, 0) is 15.4 Å². The summed E-state index contributed by atoms with van der Waals surface area (Å²) in [5, 5.41) is 7.58. The van der Waals surface area contributed by atoms with Crippen molar-refractivity contribution >= 4 is 44.1 Å². The number of fused-ring (bicyclic) bond motifs is 4. The van der Waals surface area contributed by atoms with E-state index in [2.05, 4.69) is 37.6 Å². The molecule has 7 rings (SSSR count). The van der Waals surface area contributed by atoms with E-state index in [1.54, 1.807) is 30.6 Å². The minimum absolute atomic E-state index is 0.175. The zero-order valence-corrected chi connectivity index (χ0v) is 22.1. The van der Waals surface area contributed by atoms with Crippen LogP contribution in [0.2, 0.25) is 0 Å². The summed E-state index contributed by atoms with van der Waals surface area (Å²) in [5.74, 6) is 0.757. The van der Waals surface area contributed by atoms with Crippen LogP contribution < -0.4 is 19.8 Å². The SMILES string of the molecule is CC1(C)CN(S(=O)(=O)c2cccc3cccnc23)c2nc(Nc3ccc(N4CC5CC4CN5)cc3)ncc21. The van der Waals surface area contributed by atoms with Gasteiger partial charge in [-0.3, -0.25) is 4.98 Å². The number of nitrogens with zero attached hydrogens (tertiary/aromatic N) is 5. The Morgan fingerprint density at radius 2 is 1.87 bits per heavy atom. The van der Waals surface area contributed by atoms with Crippen LogP contribution in [0.3, 0.4) is 0 Å². The summed E-state index contributed by atoms with van der Waals surface area (Å²) in [5.41, 5.74) is 2.87. The molecule has 9 nitrogen and oxygen atoms in total. The highest BCUT2D eigenvalue weighted by atomic mass is 32.2. The Morgan fingerprint density at radius 3 is 2.63 bits per heavy atom. The first-order chi connectivity index (χ1) is 18.3. The highest BCUT2D eigenvalue weighted by molar-refractivity contribution is 7.93. The van der Waals surface area contributed by atoms with Gasteiger partial charge in [-0.15, -0.1) is 0 Å². The van der Waals surface area contributed by atoms with Gasteiger partial charge >= 0.3 is 0 Å². The smallest absolute Gasteiger partial charge is 0.267 e. The van der Waals surface area contributed by atoms with Gasteiger partial charge < -0.3 is 15.5 Å². The van der Waals surface area contributed by atoms with Crippen molar-refractivity contribution in [2.24, 2.45) is 0 Å². The Kier molecular flexibility index (Phi) is 5.15. The Balaban J connectivity index is 1.20. The fourth-order valence-electron chi connectivity index (χ4n) is 5.96. The number of piperazine rings is 1. The van der Waals surface area contributed by atoms with Gasteiger partial charge in [0.2, 0.25) is 5.95 Å². The zero-order chi connectivity index (χ0) is 26.1. The lowest BCUT2D eigenvalue weighted by Crippen LogP contribution is -2.43. The van der Waals surface area contributed by atoms with Crippen molar-refractivity contribution in [3.8, 4) is 0 Å². The summed E-state index contributed by atoms with van der Waals surface area (Å²) < 4.78 is 29.4. The molecule has 10 heteroatoms. The van der Waals surface area contributed by atoms with Gasteiger partial charge in [0.25, 0.3) is 10.0 Å². The summed E-state index contributed by atoms with van der Waals surface area (Å²) in [4.78, 5) is 16.3. The van der Waals surface area contributed by atoms with Crippen LogP contribution in [0.4, 0.5) is 23.1 Å². The third kappa shape index (κ3) is 3.70. The molecular formula is C28H29N7O2S. The van der Waals surface area contributed by atoms with Crippen molar-refractivity contribution in [3.05, 3.63) is 72.6 Å². The van der Waals surface area contributed by atoms with E-state index in [0.717, 1.165) is 29.7 Å². The van der Waals surface area contributed by atoms with Crippen molar-refractivity contribution in [2.75, 3.05) is 34.2 Å². The predicted molar refractivity (Wildman–Crippen MR) is 149 cm³/mol. The Hall–Kier alpha value is -3.76. The van der Waals surface area contributed by atoms with E-state index in [9.17, 15) is 8.42 Å². The highest BCUT2D eigenvalue weighted by Crippen LogP contribution is 2.43. The molecule has 0 spiro atoms. The molecule has 194 valence electrons. The van der Waals surface area contributed by atoms with Gasteiger partial charge in [-0.2, -0.15) is 4.98 Å². The maximum atomic E-state index is 14.0. The van der Waals surface area contributed by atoms with E-state index in [4.69, 9.17) is 4.98 Å². The summed E-state index contributed by atoms with van der Waals surface area (Å²) >= 11 is 0. The van der Waals surface area contributed by atoms with Crippen molar-refractivity contribution in [3.63, 3.8) is 0 Å². The van der Waals surface area contributed by atoms with Crippen molar-refractivity contribution in [1.29, 1.82) is 0 Å². The Bertz CT molecular complexity index is 1650. The molecule has 2 unspecified atom stereocenters.